The summed E-state index contributed by atoms with van der Waals surface area (Å²) in [6.45, 7) is 1.97. The molecule has 8 heteroatoms. The maximum absolute atomic E-state index is 10.8. The molecule has 7 nitrogen and oxygen atoms in total. The molecule has 1 heterocycles. The van der Waals surface area contributed by atoms with Gasteiger partial charge in [0.15, 0.2) is 0 Å². The van der Waals surface area contributed by atoms with Crippen molar-refractivity contribution < 1.29 is 9.34 Å². The Balaban J connectivity index is 1.84. The molecule has 128 valence electrons. The Bertz CT molecular complexity index is 1020. The molecule has 0 spiro atoms. The van der Waals surface area contributed by atoms with Crippen LogP contribution < -0.4 is 0 Å². The number of aromatic nitrogens is 2. The van der Waals surface area contributed by atoms with Crippen LogP contribution in [0.2, 0.25) is 0 Å². The predicted octanol–water partition coefficient (Wildman–Crippen LogP) is 4.61. The van der Waals surface area contributed by atoms with Gasteiger partial charge in [-0.1, -0.05) is 17.7 Å². The van der Waals surface area contributed by atoms with E-state index >= 15 is 0 Å². The lowest BCUT2D eigenvalue weighted by atomic mass is 10.1. The lowest BCUT2D eigenvalue weighted by Crippen LogP contribution is -1.88. The SMILES string of the molecule is Cc1cccc(-c2nnc(S/C(=C\C#N)c3ccc([N+](=O)[O-])cc3)o2)c1. The first-order valence-corrected chi connectivity index (χ1v) is 8.31. The molecular formula is C18H12N4O3S. The number of nitro groups is 1. The molecule has 0 aliphatic heterocycles. The van der Waals surface area contributed by atoms with Gasteiger partial charge in [0.1, 0.15) is 0 Å². The standard InChI is InChI=1S/C18H12N4O3S/c1-12-3-2-4-14(11-12)17-20-21-18(25-17)26-16(9-10-19)13-5-7-15(8-6-13)22(23)24/h2-9,11H,1H3/b16-9-. The molecule has 0 fully saturated rings. The predicted molar refractivity (Wildman–Crippen MR) is 97.0 cm³/mol. The second kappa shape index (κ2) is 7.63. The van der Waals surface area contributed by atoms with Gasteiger partial charge in [0.05, 0.1) is 11.0 Å². The molecule has 0 N–H and O–H groups in total. The van der Waals surface area contributed by atoms with Crippen molar-refractivity contribution in [3.05, 3.63) is 75.8 Å². The molecular weight excluding hydrogens is 352 g/mol. The zero-order chi connectivity index (χ0) is 18.5. The smallest absolute Gasteiger partial charge is 0.281 e. The lowest BCUT2D eigenvalue weighted by molar-refractivity contribution is -0.384. The number of nitrogens with zero attached hydrogens (tertiary/aromatic N) is 4. The number of allylic oxidation sites excluding steroid dienone is 1. The average molecular weight is 364 g/mol. The number of nitriles is 1. The van der Waals surface area contributed by atoms with Crippen LogP contribution in [0.4, 0.5) is 5.69 Å². The first kappa shape index (κ1) is 17.4. The molecule has 3 aromatic rings. The van der Waals surface area contributed by atoms with E-state index in [-0.39, 0.29) is 10.9 Å². The Morgan fingerprint density at radius 1 is 1.27 bits per heavy atom. The minimum atomic E-state index is -0.475. The van der Waals surface area contributed by atoms with E-state index in [4.69, 9.17) is 9.68 Å². The second-order valence-electron chi connectivity index (χ2n) is 5.29. The zero-order valence-corrected chi connectivity index (χ0v) is 14.4. The summed E-state index contributed by atoms with van der Waals surface area (Å²) in [5.74, 6) is 0.385. The number of thioether (sulfide) groups is 1. The van der Waals surface area contributed by atoms with Crippen molar-refractivity contribution in [2.45, 2.75) is 12.1 Å². The largest absolute Gasteiger partial charge is 0.411 e. The fraction of sp³-hybridized carbons (Fsp3) is 0.0556. The van der Waals surface area contributed by atoms with Crippen molar-refractivity contribution in [3.8, 4) is 17.5 Å². The number of hydrogen-bond donors (Lipinski definition) is 0. The Morgan fingerprint density at radius 2 is 2.04 bits per heavy atom. The highest BCUT2D eigenvalue weighted by molar-refractivity contribution is 8.08. The highest BCUT2D eigenvalue weighted by Gasteiger charge is 2.14. The maximum Gasteiger partial charge on any atom is 0.281 e. The summed E-state index contributed by atoms with van der Waals surface area (Å²) in [6.07, 6.45) is 1.34. The molecule has 0 radical (unpaired) electrons. The average Bonchev–Trinajstić information content (AvgIpc) is 3.10. The van der Waals surface area contributed by atoms with Gasteiger partial charge in [0, 0.05) is 28.7 Å². The number of non-ortho nitro benzene ring substituents is 1. The van der Waals surface area contributed by atoms with Crippen molar-refractivity contribution in [1.29, 1.82) is 5.26 Å². The van der Waals surface area contributed by atoms with Gasteiger partial charge in [-0.3, -0.25) is 10.1 Å². The third kappa shape index (κ3) is 3.96. The maximum atomic E-state index is 10.8. The molecule has 0 bridgehead atoms. The molecule has 0 unspecified atom stereocenters. The number of rotatable bonds is 5. The molecule has 0 saturated carbocycles. The van der Waals surface area contributed by atoms with Crippen LogP contribution in [0.3, 0.4) is 0 Å². The fourth-order valence-electron chi connectivity index (χ4n) is 2.22. The van der Waals surface area contributed by atoms with Crippen molar-refractivity contribution in [2.75, 3.05) is 0 Å². The molecule has 0 atom stereocenters. The topological polar surface area (TPSA) is 106 Å². The molecule has 1 aromatic heterocycles. The summed E-state index contributed by atoms with van der Waals surface area (Å²) in [5.41, 5.74) is 2.52. The van der Waals surface area contributed by atoms with Gasteiger partial charge in [-0.2, -0.15) is 5.26 Å². The van der Waals surface area contributed by atoms with Crippen LogP contribution in [0.5, 0.6) is 0 Å². The molecule has 0 aliphatic carbocycles. The van der Waals surface area contributed by atoms with Crippen molar-refractivity contribution in [2.24, 2.45) is 0 Å². The van der Waals surface area contributed by atoms with Crippen LogP contribution in [-0.2, 0) is 0 Å². The quantitative estimate of drug-likeness (QED) is 0.282. The molecule has 0 saturated heterocycles. The van der Waals surface area contributed by atoms with Gasteiger partial charge in [-0.25, -0.2) is 0 Å². The van der Waals surface area contributed by atoms with Crippen LogP contribution in [0.1, 0.15) is 11.1 Å². The molecule has 26 heavy (non-hydrogen) atoms. The first-order valence-electron chi connectivity index (χ1n) is 7.50. The van der Waals surface area contributed by atoms with Crippen molar-refractivity contribution >= 4 is 22.4 Å². The van der Waals surface area contributed by atoms with Gasteiger partial charge in [0.25, 0.3) is 10.9 Å². The normalized spacial score (nSPS) is 11.2. The van der Waals surface area contributed by atoms with E-state index < -0.39 is 4.92 Å². The van der Waals surface area contributed by atoms with Crippen LogP contribution in [0, 0.1) is 28.4 Å². The monoisotopic (exact) mass is 364 g/mol. The minimum Gasteiger partial charge on any atom is -0.411 e. The summed E-state index contributed by atoms with van der Waals surface area (Å²) in [6, 6.07) is 15.6. The van der Waals surface area contributed by atoms with Crippen molar-refractivity contribution in [1.82, 2.24) is 10.2 Å². The Labute approximate surface area is 153 Å². The van der Waals surface area contributed by atoms with Crippen LogP contribution >= 0.6 is 11.8 Å². The highest BCUT2D eigenvalue weighted by Crippen LogP contribution is 2.35. The minimum absolute atomic E-state index is 0.0189. The molecule has 0 amide bonds. The van der Waals surface area contributed by atoms with Crippen LogP contribution in [0.25, 0.3) is 16.4 Å². The van der Waals surface area contributed by atoms with Gasteiger partial charge in [0.2, 0.25) is 5.89 Å². The fourth-order valence-corrected chi connectivity index (χ4v) is 2.97. The van der Waals surface area contributed by atoms with Crippen LogP contribution in [0.15, 0.2) is 64.2 Å². The van der Waals surface area contributed by atoms with E-state index in [1.54, 1.807) is 12.1 Å². The van der Waals surface area contributed by atoms with E-state index in [1.807, 2.05) is 37.3 Å². The van der Waals surface area contributed by atoms with Gasteiger partial charge in [-0.15, -0.1) is 10.2 Å². The van der Waals surface area contributed by atoms with E-state index in [9.17, 15) is 10.1 Å². The van der Waals surface area contributed by atoms with Crippen LogP contribution in [-0.4, -0.2) is 15.1 Å². The van der Waals surface area contributed by atoms with E-state index in [1.165, 1.54) is 18.2 Å². The number of nitro benzene ring substituents is 1. The summed E-state index contributed by atoms with van der Waals surface area (Å²) < 4.78 is 5.67. The number of aryl methyl sites for hydroxylation is 1. The van der Waals surface area contributed by atoms with E-state index in [0.29, 0.717) is 16.4 Å². The van der Waals surface area contributed by atoms with E-state index in [0.717, 1.165) is 22.9 Å². The lowest BCUT2D eigenvalue weighted by Gasteiger charge is -2.02. The molecule has 0 aliphatic rings. The Hall–Kier alpha value is -3.44. The first-order chi connectivity index (χ1) is 12.6. The zero-order valence-electron chi connectivity index (χ0n) is 13.6. The third-order valence-electron chi connectivity index (χ3n) is 3.43. The summed E-state index contributed by atoms with van der Waals surface area (Å²) in [7, 11) is 0. The summed E-state index contributed by atoms with van der Waals surface area (Å²) in [4.78, 5) is 10.8. The number of benzene rings is 2. The van der Waals surface area contributed by atoms with Gasteiger partial charge < -0.3 is 4.42 Å². The second-order valence-corrected chi connectivity index (χ2v) is 6.28. The number of hydrogen-bond acceptors (Lipinski definition) is 7. The highest BCUT2D eigenvalue weighted by atomic mass is 32.2. The molecule has 3 rings (SSSR count). The summed E-state index contributed by atoms with van der Waals surface area (Å²) in [5, 5.41) is 28.1. The Morgan fingerprint density at radius 3 is 2.69 bits per heavy atom. The molecule has 2 aromatic carbocycles. The van der Waals surface area contributed by atoms with Crippen molar-refractivity contribution in [3.63, 3.8) is 0 Å². The summed E-state index contributed by atoms with van der Waals surface area (Å²) >= 11 is 1.13. The van der Waals surface area contributed by atoms with Gasteiger partial charge in [-0.05, 0) is 48.5 Å². The Kier molecular flexibility index (Phi) is 5.10. The third-order valence-corrected chi connectivity index (χ3v) is 4.34. The van der Waals surface area contributed by atoms with Gasteiger partial charge >= 0.3 is 0 Å². The van der Waals surface area contributed by atoms with E-state index in [2.05, 4.69) is 10.2 Å².